The Morgan fingerprint density at radius 1 is 1.12 bits per heavy atom. The summed E-state index contributed by atoms with van der Waals surface area (Å²) in [5, 5.41) is -0.109. The van der Waals surface area contributed by atoms with Gasteiger partial charge in [-0.05, 0) is 36.6 Å². The molecule has 0 aliphatic carbocycles. The lowest BCUT2D eigenvalue weighted by Crippen LogP contribution is -2.33. The molecule has 2 aromatic rings. The zero-order chi connectivity index (χ0) is 17.6. The Labute approximate surface area is 151 Å². The van der Waals surface area contributed by atoms with Crippen LogP contribution in [0, 0.1) is 11.6 Å². The van der Waals surface area contributed by atoms with Crippen molar-refractivity contribution in [3.8, 4) is 0 Å². The minimum Gasteiger partial charge on any atom is -0.342 e. The molecule has 0 radical (unpaired) electrons. The van der Waals surface area contributed by atoms with Gasteiger partial charge in [0.25, 0.3) is 0 Å². The molecule has 0 bridgehead atoms. The fourth-order valence-electron chi connectivity index (χ4n) is 3.08. The van der Waals surface area contributed by atoms with Crippen LogP contribution in [0.15, 0.2) is 48.5 Å². The molecule has 25 heavy (non-hydrogen) atoms. The van der Waals surface area contributed by atoms with Gasteiger partial charge in [0.1, 0.15) is 11.6 Å². The van der Waals surface area contributed by atoms with Crippen LogP contribution < -0.4 is 0 Å². The Hall–Kier alpha value is -1.88. The van der Waals surface area contributed by atoms with Crippen molar-refractivity contribution in [1.82, 2.24) is 4.90 Å². The first-order chi connectivity index (χ1) is 12.1. The number of benzene rings is 2. The molecule has 1 unspecified atom stereocenters. The summed E-state index contributed by atoms with van der Waals surface area (Å²) < 4.78 is 27.4. The zero-order valence-corrected chi connectivity index (χ0v) is 14.8. The second-order valence-electron chi connectivity index (χ2n) is 6.18. The number of amides is 1. The van der Waals surface area contributed by atoms with Crippen molar-refractivity contribution >= 4 is 17.7 Å². The number of halogens is 2. The lowest BCUT2D eigenvalue weighted by Gasteiger charge is -2.20. The van der Waals surface area contributed by atoms with Gasteiger partial charge in [-0.3, -0.25) is 4.79 Å². The molecule has 1 heterocycles. The largest absolute Gasteiger partial charge is 0.342 e. The predicted molar refractivity (Wildman–Crippen MR) is 97.5 cm³/mol. The SMILES string of the molecule is O=C(CCc1ccccc1)N1CCSC(c2cc(F)ccc2F)CC1. The van der Waals surface area contributed by atoms with Crippen LogP contribution in [0.1, 0.15) is 29.2 Å². The van der Waals surface area contributed by atoms with Crippen LogP contribution in [0.2, 0.25) is 0 Å². The molecule has 0 spiro atoms. The number of aryl methyl sites for hydroxylation is 1. The quantitative estimate of drug-likeness (QED) is 0.793. The lowest BCUT2D eigenvalue weighted by molar-refractivity contribution is -0.130. The van der Waals surface area contributed by atoms with E-state index < -0.39 is 5.82 Å². The first kappa shape index (κ1) is 17.9. The van der Waals surface area contributed by atoms with E-state index in [1.165, 1.54) is 12.1 Å². The zero-order valence-electron chi connectivity index (χ0n) is 14.0. The Bertz CT molecular complexity index is 723. The minimum absolute atomic E-state index is 0.109. The van der Waals surface area contributed by atoms with Gasteiger partial charge >= 0.3 is 0 Å². The van der Waals surface area contributed by atoms with Crippen molar-refractivity contribution < 1.29 is 13.6 Å². The Balaban J connectivity index is 1.57. The Morgan fingerprint density at radius 2 is 1.92 bits per heavy atom. The first-order valence-electron chi connectivity index (χ1n) is 8.52. The van der Waals surface area contributed by atoms with Gasteiger partial charge in [-0.25, -0.2) is 8.78 Å². The van der Waals surface area contributed by atoms with E-state index in [1.807, 2.05) is 35.2 Å². The molecular weight excluding hydrogens is 340 g/mol. The van der Waals surface area contributed by atoms with E-state index in [0.717, 1.165) is 23.8 Å². The van der Waals surface area contributed by atoms with Gasteiger partial charge in [-0.2, -0.15) is 11.8 Å². The summed E-state index contributed by atoms with van der Waals surface area (Å²) in [6.45, 7) is 1.24. The van der Waals surface area contributed by atoms with Gasteiger partial charge in [0.05, 0.1) is 0 Å². The van der Waals surface area contributed by atoms with Gasteiger partial charge in [0, 0.05) is 36.1 Å². The summed E-state index contributed by atoms with van der Waals surface area (Å²) in [5.41, 5.74) is 1.56. The summed E-state index contributed by atoms with van der Waals surface area (Å²) >= 11 is 1.60. The van der Waals surface area contributed by atoms with Crippen LogP contribution in [0.4, 0.5) is 8.78 Å². The number of nitrogens with zero attached hydrogens (tertiary/aromatic N) is 1. The van der Waals surface area contributed by atoms with E-state index in [4.69, 9.17) is 0 Å². The van der Waals surface area contributed by atoms with Crippen LogP contribution in [0.3, 0.4) is 0 Å². The first-order valence-corrected chi connectivity index (χ1v) is 9.56. The lowest BCUT2D eigenvalue weighted by atomic mass is 10.1. The second kappa shape index (κ2) is 8.48. The van der Waals surface area contributed by atoms with E-state index in [9.17, 15) is 13.6 Å². The molecular formula is C20H21F2NOS. The molecule has 1 amide bonds. The molecule has 1 saturated heterocycles. The Kier molecular flexibility index (Phi) is 6.08. The number of thioether (sulfide) groups is 1. The van der Waals surface area contributed by atoms with E-state index in [0.29, 0.717) is 31.5 Å². The average Bonchev–Trinajstić information content (AvgIpc) is 2.89. The second-order valence-corrected chi connectivity index (χ2v) is 7.49. The van der Waals surface area contributed by atoms with Crippen LogP contribution >= 0.6 is 11.8 Å². The van der Waals surface area contributed by atoms with Crippen LogP contribution in [-0.2, 0) is 11.2 Å². The third-order valence-electron chi connectivity index (χ3n) is 4.47. The molecule has 2 aromatic carbocycles. The number of carbonyl (C=O) groups is 1. The van der Waals surface area contributed by atoms with Crippen molar-refractivity contribution in [3.63, 3.8) is 0 Å². The summed E-state index contributed by atoms with van der Waals surface area (Å²) in [4.78, 5) is 14.3. The standard InChI is InChI=1S/C20H21F2NOS/c21-16-7-8-18(22)17(14-16)19-10-11-23(12-13-25-19)20(24)9-6-15-4-2-1-3-5-15/h1-5,7-8,14,19H,6,9-13H2. The molecule has 132 valence electrons. The minimum atomic E-state index is -0.419. The molecule has 1 fully saturated rings. The molecule has 5 heteroatoms. The van der Waals surface area contributed by atoms with Crippen LogP contribution in [-0.4, -0.2) is 29.6 Å². The van der Waals surface area contributed by atoms with Crippen molar-refractivity contribution in [1.29, 1.82) is 0 Å². The van der Waals surface area contributed by atoms with Gasteiger partial charge in [0.2, 0.25) is 5.91 Å². The maximum absolute atomic E-state index is 14.0. The smallest absolute Gasteiger partial charge is 0.222 e. The maximum Gasteiger partial charge on any atom is 0.222 e. The number of rotatable bonds is 4. The summed E-state index contributed by atoms with van der Waals surface area (Å²) in [6.07, 6.45) is 1.85. The van der Waals surface area contributed by atoms with E-state index in [-0.39, 0.29) is 17.0 Å². The van der Waals surface area contributed by atoms with Gasteiger partial charge in [0.15, 0.2) is 0 Å². The van der Waals surface area contributed by atoms with Crippen molar-refractivity contribution in [2.24, 2.45) is 0 Å². The molecule has 1 aliphatic heterocycles. The molecule has 1 aliphatic rings. The highest BCUT2D eigenvalue weighted by molar-refractivity contribution is 7.99. The molecule has 2 nitrogen and oxygen atoms in total. The fourth-order valence-corrected chi connectivity index (χ4v) is 4.33. The number of hydrogen-bond donors (Lipinski definition) is 0. The van der Waals surface area contributed by atoms with Gasteiger partial charge < -0.3 is 4.90 Å². The van der Waals surface area contributed by atoms with E-state index >= 15 is 0 Å². The summed E-state index contributed by atoms with van der Waals surface area (Å²) in [7, 11) is 0. The highest BCUT2D eigenvalue weighted by Gasteiger charge is 2.24. The molecule has 0 aromatic heterocycles. The maximum atomic E-state index is 14.0. The highest BCUT2D eigenvalue weighted by atomic mass is 32.2. The van der Waals surface area contributed by atoms with Crippen molar-refractivity contribution in [3.05, 3.63) is 71.3 Å². The number of carbonyl (C=O) groups excluding carboxylic acids is 1. The third-order valence-corrected chi connectivity index (χ3v) is 5.78. The van der Waals surface area contributed by atoms with Crippen LogP contribution in [0.5, 0.6) is 0 Å². The summed E-state index contributed by atoms with van der Waals surface area (Å²) in [6, 6.07) is 13.5. The van der Waals surface area contributed by atoms with Crippen LogP contribution in [0.25, 0.3) is 0 Å². The summed E-state index contributed by atoms with van der Waals surface area (Å²) in [5.74, 6) is 0.0714. The average molecular weight is 361 g/mol. The normalized spacial score (nSPS) is 18.0. The monoisotopic (exact) mass is 361 g/mol. The van der Waals surface area contributed by atoms with Gasteiger partial charge in [-0.1, -0.05) is 30.3 Å². The van der Waals surface area contributed by atoms with E-state index in [1.54, 1.807) is 11.8 Å². The topological polar surface area (TPSA) is 20.3 Å². The van der Waals surface area contributed by atoms with Crippen molar-refractivity contribution in [2.45, 2.75) is 24.5 Å². The van der Waals surface area contributed by atoms with E-state index in [2.05, 4.69) is 0 Å². The fraction of sp³-hybridized carbons (Fsp3) is 0.350. The Morgan fingerprint density at radius 3 is 2.72 bits per heavy atom. The van der Waals surface area contributed by atoms with Gasteiger partial charge in [-0.15, -0.1) is 0 Å². The molecule has 0 N–H and O–H groups in total. The third kappa shape index (κ3) is 4.82. The van der Waals surface area contributed by atoms with Crippen molar-refractivity contribution in [2.75, 3.05) is 18.8 Å². The number of hydrogen-bond acceptors (Lipinski definition) is 2. The molecule has 3 rings (SSSR count). The molecule has 0 saturated carbocycles. The predicted octanol–water partition coefficient (Wildman–Crippen LogP) is 4.60. The molecule has 1 atom stereocenters. The highest BCUT2D eigenvalue weighted by Crippen LogP contribution is 2.36.